The predicted molar refractivity (Wildman–Crippen MR) is 203 cm³/mol. The van der Waals surface area contributed by atoms with Crippen molar-refractivity contribution in [3.8, 4) is 11.3 Å². The van der Waals surface area contributed by atoms with Gasteiger partial charge < -0.3 is 44.7 Å². The Hall–Kier alpha value is -5.30. The molecule has 5 amide bonds. The number of aliphatic hydroxyl groups is 1. The van der Waals surface area contributed by atoms with Crippen molar-refractivity contribution in [2.45, 2.75) is 50.2 Å². The van der Waals surface area contributed by atoms with Crippen LogP contribution in [0.4, 0.5) is 22.8 Å². The molecule has 3 aromatic rings. The number of aromatic nitrogens is 2. The normalized spacial score (nSPS) is 19.9. The summed E-state index contributed by atoms with van der Waals surface area (Å²) in [6.45, 7) is 2.32. The highest BCUT2D eigenvalue weighted by Gasteiger charge is 2.48. The van der Waals surface area contributed by atoms with Crippen molar-refractivity contribution in [3.05, 3.63) is 89.9 Å². The molecule has 0 unspecified atom stereocenters. The summed E-state index contributed by atoms with van der Waals surface area (Å²) >= 11 is 0. The van der Waals surface area contributed by atoms with E-state index < -0.39 is 65.3 Å². The van der Waals surface area contributed by atoms with Gasteiger partial charge in [-0.25, -0.2) is 27.7 Å². The lowest BCUT2D eigenvalue weighted by Gasteiger charge is -2.45. The number of imide groups is 1. The zero-order chi connectivity index (χ0) is 41.2. The van der Waals surface area contributed by atoms with Crippen molar-refractivity contribution in [3.63, 3.8) is 0 Å². The highest BCUT2D eigenvalue weighted by Crippen LogP contribution is 2.41. The van der Waals surface area contributed by atoms with Crippen LogP contribution in [0.2, 0.25) is 0 Å². The molecule has 2 aromatic carbocycles. The minimum Gasteiger partial charge on any atom is -0.447 e. The number of urea groups is 1. The number of rotatable bonds is 17. The summed E-state index contributed by atoms with van der Waals surface area (Å²) in [6.07, 6.45) is 1.98. The van der Waals surface area contributed by atoms with Gasteiger partial charge in [0.05, 0.1) is 37.1 Å². The lowest BCUT2D eigenvalue weighted by Crippen LogP contribution is -2.57. The molecule has 0 saturated carbocycles. The largest absolute Gasteiger partial charge is 0.447 e. The maximum Gasteiger partial charge on any atom is 0.407 e. The van der Waals surface area contributed by atoms with Crippen LogP contribution in [0.1, 0.15) is 37.2 Å². The molecule has 2 saturated heterocycles. The summed E-state index contributed by atoms with van der Waals surface area (Å²) in [4.78, 5) is 57.5. The van der Waals surface area contributed by atoms with Gasteiger partial charge in [0, 0.05) is 88.6 Å². The number of alkyl carbamates (subject to hydrolysis) is 1. The molecule has 0 radical (unpaired) electrons. The van der Waals surface area contributed by atoms with Crippen LogP contribution in [-0.2, 0) is 30.3 Å². The summed E-state index contributed by atoms with van der Waals surface area (Å²) in [6, 6.07) is 9.61. The van der Waals surface area contributed by atoms with Crippen molar-refractivity contribution in [1.29, 1.82) is 0 Å². The molecular weight excluding hydrogens is 763 g/mol. The number of amides is 5. The van der Waals surface area contributed by atoms with Crippen LogP contribution in [0.15, 0.2) is 66.9 Å². The molecule has 6 rings (SSSR count). The lowest BCUT2D eigenvalue weighted by molar-refractivity contribution is -0.137. The Morgan fingerprint density at radius 1 is 1.09 bits per heavy atom. The second-order valence-corrected chi connectivity index (χ2v) is 14.6. The van der Waals surface area contributed by atoms with Gasteiger partial charge in [0.15, 0.2) is 0 Å². The molecular formula is C40H48F3N7O8. The van der Waals surface area contributed by atoms with E-state index >= 15 is 8.78 Å². The third-order valence-electron chi connectivity index (χ3n) is 10.3. The number of carbonyl (C=O) groups is 4. The first-order valence-electron chi connectivity index (χ1n) is 19.2. The Bertz CT molecular complexity index is 1930. The highest BCUT2D eigenvalue weighted by atomic mass is 19.1. The monoisotopic (exact) mass is 811 g/mol. The third kappa shape index (κ3) is 10.6. The molecule has 4 heterocycles. The van der Waals surface area contributed by atoms with Crippen molar-refractivity contribution >= 4 is 23.9 Å². The van der Waals surface area contributed by atoms with Gasteiger partial charge in [-0.05, 0) is 30.7 Å². The van der Waals surface area contributed by atoms with E-state index in [9.17, 15) is 28.7 Å². The fourth-order valence-electron chi connectivity index (χ4n) is 7.21. The number of imidazole rings is 1. The van der Waals surface area contributed by atoms with Crippen LogP contribution < -0.4 is 16.0 Å². The van der Waals surface area contributed by atoms with E-state index in [-0.39, 0.29) is 102 Å². The second-order valence-electron chi connectivity index (χ2n) is 14.6. The first kappa shape index (κ1) is 42.3. The van der Waals surface area contributed by atoms with Crippen LogP contribution in [0, 0.1) is 17.6 Å². The molecule has 0 aliphatic carbocycles. The van der Waals surface area contributed by atoms with Gasteiger partial charge in [-0.15, -0.1) is 0 Å². The van der Waals surface area contributed by atoms with Gasteiger partial charge in [0.2, 0.25) is 0 Å². The number of halogens is 3. The molecule has 4 atom stereocenters. The van der Waals surface area contributed by atoms with E-state index in [1.165, 1.54) is 17.1 Å². The average molecular weight is 812 g/mol. The summed E-state index contributed by atoms with van der Waals surface area (Å²) in [5, 5.41) is 20.9. The van der Waals surface area contributed by atoms with Gasteiger partial charge in [-0.2, -0.15) is 0 Å². The maximum absolute atomic E-state index is 15.3. The van der Waals surface area contributed by atoms with E-state index in [1.807, 2.05) is 30.3 Å². The quantitative estimate of drug-likeness (QED) is 0.117. The fraction of sp³-hybridized carbons (Fsp3) is 0.475. The average Bonchev–Trinajstić information content (AvgIpc) is 3.90. The van der Waals surface area contributed by atoms with Crippen LogP contribution in [0.3, 0.4) is 0 Å². The predicted octanol–water partition coefficient (Wildman–Crippen LogP) is 3.08. The van der Waals surface area contributed by atoms with Crippen LogP contribution in [-0.4, -0.2) is 132 Å². The second kappa shape index (κ2) is 19.4. The lowest BCUT2D eigenvalue weighted by atomic mass is 9.84. The number of carbonyl (C=O) groups excluding carboxylic acids is 4. The van der Waals surface area contributed by atoms with Crippen LogP contribution >= 0.6 is 0 Å². The van der Waals surface area contributed by atoms with Gasteiger partial charge in [-0.3, -0.25) is 14.5 Å². The molecule has 3 aliphatic rings. The Balaban J connectivity index is 1.21. The van der Waals surface area contributed by atoms with E-state index in [0.717, 1.165) is 28.7 Å². The van der Waals surface area contributed by atoms with E-state index in [2.05, 4.69) is 16.0 Å². The summed E-state index contributed by atoms with van der Waals surface area (Å²) in [5.41, 5.74) is -0.868. The highest BCUT2D eigenvalue weighted by molar-refractivity contribution is 6.12. The van der Waals surface area contributed by atoms with Crippen molar-refractivity contribution in [2.24, 2.45) is 5.92 Å². The third-order valence-corrected chi connectivity index (χ3v) is 10.3. The van der Waals surface area contributed by atoms with Gasteiger partial charge in [0.25, 0.3) is 11.8 Å². The molecule has 312 valence electrons. The van der Waals surface area contributed by atoms with Crippen LogP contribution in [0.25, 0.3) is 11.3 Å². The summed E-state index contributed by atoms with van der Waals surface area (Å²) in [5.74, 6) is -2.73. The van der Waals surface area contributed by atoms with Gasteiger partial charge in [-0.1, -0.05) is 30.3 Å². The molecule has 3 aliphatic heterocycles. The van der Waals surface area contributed by atoms with Crippen molar-refractivity contribution in [1.82, 2.24) is 35.3 Å². The zero-order valence-corrected chi connectivity index (χ0v) is 32.1. The number of nitrogens with one attached hydrogen (secondary N) is 3. The van der Waals surface area contributed by atoms with Crippen LogP contribution in [0.5, 0.6) is 0 Å². The maximum atomic E-state index is 15.3. The summed E-state index contributed by atoms with van der Waals surface area (Å²) in [7, 11) is 0. The minimum absolute atomic E-state index is 0.0639. The first-order chi connectivity index (χ1) is 27.9. The molecule has 0 spiro atoms. The summed E-state index contributed by atoms with van der Waals surface area (Å²) < 4.78 is 63.1. The number of hydrogen-bond acceptors (Lipinski definition) is 10. The number of hydrogen-bond donors (Lipinski definition) is 4. The van der Waals surface area contributed by atoms with E-state index in [4.69, 9.17) is 19.2 Å². The van der Waals surface area contributed by atoms with E-state index in [0.29, 0.717) is 0 Å². The molecule has 18 heteroatoms. The topological polar surface area (TPSA) is 177 Å². The molecule has 58 heavy (non-hydrogen) atoms. The Morgan fingerprint density at radius 3 is 2.53 bits per heavy atom. The number of ether oxygens (including phenoxy) is 3. The van der Waals surface area contributed by atoms with Gasteiger partial charge >= 0.3 is 12.1 Å². The fourth-order valence-corrected chi connectivity index (χ4v) is 7.21. The molecule has 4 N–H and O–H groups in total. The standard InChI is InChI=1S/C40H48F3N7O8/c1-26(25-58-39(54)45-13-17-57-18-14-49-34(51)9-10-35(49)52)46-38(53)50(23-28-20-44-21-32(28)43)36(40(55)11-15-56-16-12-40)37-47-33(30-19-29(41)7-8-31(30)42)24-48(37)22-27-5-3-2-4-6-27/h2-10,19,24,26,28,32,36,44,55H,11-18,20-23,25H2,1H3,(H,45,54)(H,46,53)/t26-,28-,32-,36-/m0/s1. The molecule has 2 fully saturated rings. The Kier molecular flexibility index (Phi) is 14.2. The number of benzene rings is 2. The van der Waals surface area contributed by atoms with Crippen molar-refractivity contribution in [2.75, 3.05) is 65.8 Å². The first-order valence-corrected chi connectivity index (χ1v) is 19.2. The molecule has 15 nitrogen and oxygen atoms in total. The van der Waals surface area contributed by atoms with Gasteiger partial charge in [0.1, 0.15) is 36.3 Å². The number of nitrogens with zero attached hydrogens (tertiary/aromatic N) is 4. The number of alkyl halides is 1. The molecule has 1 aromatic heterocycles. The molecule has 0 bridgehead atoms. The smallest absolute Gasteiger partial charge is 0.407 e. The zero-order valence-electron chi connectivity index (χ0n) is 32.1. The van der Waals surface area contributed by atoms with Crippen molar-refractivity contribution < 1.29 is 51.7 Å². The Labute approximate surface area is 333 Å². The minimum atomic E-state index is -1.65. The SMILES string of the molecule is C[C@@H](COC(=O)NCCOCCN1C(=O)C=CC1=O)NC(=O)N(C[C@@H]1CNC[C@@H]1F)[C@@H](c1nc(-c2cc(F)ccc2F)cn1Cc1ccccc1)C1(O)CCOCC1. The Morgan fingerprint density at radius 2 is 1.83 bits per heavy atom. The van der Waals surface area contributed by atoms with E-state index in [1.54, 1.807) is 17.7 Å².